The first kappa shape index (κ1) is 13.1. The van der Waals surface area contributed by atoms with E-state index in [9.17, 15) is 14.4 Å². The molecule has 0 bridgehead atoms. The lowest BCUT2D eigenvalue weighted by Gasteiger charge is -2.06. The van der Waals surface area contributed by atoms with Crippen LogP contribution in [0.3, 0.4) is 0 Å². The van der Waals surface area contributed by atoms with Crippen molar-refractivity contribution in [2.45, 2.75) is 13.8 Å². The summed E-state index contributed by atoms with van der Waals surface area (Å²) in [5, 5.41) is 0. The fourth-order valence-corrected chi connectivity index (χ4v) is 2.13. The monoisotopic (exact) mass is 265 g/mol. The average molecular weight is 265 g/mol. The van der Waals surface area contributed by atoms with Crippen LogP contribution in [0.4, 0.5) is 0 Å². The molecule has 0 radical (unpaired) electrons. The van der Waals surface area contributed by atoms with Crippen molar-refractivity contribution in [2.24, 2.45) is 14.1 Å². The van der Waals surface area contributed by atoms with Crippen LogP contribution in [0.1, 0.15) is 23.0 Å². The zero-order valence-corrected chi connectivity index (χ0v) is 11.2. The lowest BCUT2D eigenvalue weighted by Crippen LogP contribution is -2.37. The van der Waals surface area contributed by atoms with Gasteiger partial charge in [-0.3, -0.25) is 13.9 Å². The molecule has 0 aromatic carbocycles. The second-order valence-corrected chi connectivity index (χ2v) is 4.27. The zero-order chi connectivity index (χ0) is 14.3. The van der Waals surface area contributed by atoms with E-state index in [-0.39, 0.29) is 23.2 Å². The van der Waals surface area contributed by atoms with Crippen molar-refractivity contribution in [3.63, 3.8) is 0 Å². The maximum absolute atomic E-state index is 12.0. The highest BCUT2D eigenvalue weighted by Crippen LogP contribution is 2.18. The van der Waals surface area contributed by atoms with Crippen LogP contribution >= 0.6 is 0 Å². The van der Waals surface area contributed by atoms with Crippen molar-refractivity contribution < 1.29 is 9.53 Å². The van der Waals surface area contributed by atoms with Crippen molar-refractivity contribution in [1.82, 2.24) is 14.1 Å². The SMILES string of the molecule is CCOC(=O)c1c(C)[nH]c2c(=O)n(C)c(=O)n(C)c12. The van der Waals surface area contributed by atoms with Gasteiger partial charge >= 0.3 is 11.7 Å². The third-order valence-corrected chi connectivity index (χ3v) is 3.07. The Bertz CT molecular complexity index is 779. The van der Waals surface area contributed by atoms with E-state index in [1.807, 2.05) is 0 Å². The van der Waals surface area contributed by atoms with Crippen LogP contribution in [0.25, 0.3) is 11.0 Å². The van der Waals surface area contributed by atoms with Crippen molar-refractivity contribution in [2.75, 3.05) is 6.61 Å². The Morgan fingerprint density at radius 3 is 2.47 bits per heavy atom. The molecule has 0 atom stereocenters. The van der Waals surface area contributed by atoms with Crippen LogP contribution in [-0.4, -0.2) is 26.7 Å². The van der Waals surface area contributed by atoms with Gasteiger partial charge in [0, 0.05) is 19.8 Å². The molecule has 0 aliphatic carbocycles. The van der Waals surface area contributed by atoms with Crippen molar-refractivity contribution in [3.05, 3.63) is 32.1 Å². The van der Waals surface area contributed by atoms with E-state index < -0.39 is 17.2 Å². The molecule has 0 aliphatic rings. The summed E-state index contributed by atoms with van der Waals surface area (Å²) in [4.78, 5) is 38.7. The number of ether oxygens (including phenoxy) is 1. The maximum Gasteiger partial charge on any atom is 0.342 e. The summed E-state index contributed by atoms with van der Waals surface area (Å²) < 4.78 is 7.22. The number of carbonyl (C=O) groups is 1. The summed E-state index contributed by atoms with van der Waals surface area (Å²) in [7, 11) is 2.91. The first-order chi connectivity index (χ1) is 8.90. The lowest BCUT2D eigenvalue weighted by atomic mass is 10.2. The van der Waals surface area contributed by atoms with Gasteiger partial charge < -0.3 is 9.72 Å². The van der Waals surface area contributed by atoms with E-state index in [1.54, 1.807) is 13.8 Å². The fourth-order valence-electron chi connectivity index (χ4n) is 2.13. The molecule has 7 heteroatoms. The molecule has 2 aromatic rings. The highest BCUT2D eigenvalue weighted by molar-refractivity contribution is 6.03. The molecule has 2 rings (SSSR count). The Labute approximate surface area is 108 Å². The molecule has 0 saturated heterocycles. The summed E-state index contributed by atoms with van der Waals surface area (Å²) >= 11 is 0. The molecule has 0 fully saturated rings. The highest BCUT2D eigenvalue weighted by atomic mass is 16.5. The van der Waals surface area contributed by atoms with Gasteiger partial charge in [0.1, 0.15) is 11.1 Å². The van der Waals surface area contributed by atoms with Crippen molar-refractivity contribution >= 4 is 17.0 Å². The second-order valence-electron chi connectivity index (χ2n) is 4.27. The second kappa shape index (κ2) is 4.42. The summed E-state index contributed by atoms with van der Waals surface area (Å²) in [6.45, 7) is 3.58. The van der Waals surface area contributed by atoms with Gasteiger partial charge in [-0.05, 0) is 13.8 Å². The number of hydrogen-bond acceptors (Lipinski definition) is 4. The Balaban J connectivity index is 2.96. The Kier molecular flexibility index (Phi) is 3.05. The summed E-state index contributed by atoms with van der Waals surface area (Å²) in [6, 6.07) is 0. The Hall–Kier alpha value is -2.31. The summed E-state index contributed by atoms with van der Waals surface area (Å²) in [6.07, 6.45) is 0. The van der Waals surface area contributed by atoms with E-state index in [1.165, 1.54) is 18.7 Å². The van der Waals surface area contributed by atoms with Gasteiger partial charge in [-0.2, -0.15) is 0 Å². The molecule has 1 N–H and O–H groups in total. The van der Waals surface area contributed by atoms with Gasteiger partial charge in [0.15, 0.2) is 0 Å². The molecule has 0 unspecified atom stereocenters. The molecule has 2 aromatic heterocycles. The number of hydrogen-bond donors (Lipinski definition) is 1. The van der Waals surface area contributed by atoms with Gasteiger partial charge in [0.25, 0.3) is 5.56 Å². The number of aromatic amines is 1. The molecule has 19 heavy (non-hydrogen) atoms. The Morgan fingerprint density at radius 2 is 1.89 bits per heavy atom. The average Bonchev–Trinajstić information content (AvgIpc) is 2.72. The number of fused-ring (bicyclic) bond motifs is 1. The number of nitrogens with one attached hydrogen (secondary N) is 1. The first-order valence-electron chi connectivity index (χ1n) is 5.85. The third kappa shape index (κ3) is 1.78. The van der Waals surface area contributed by atoms with Crippen LogP contribution in [0, 0.1) is 6.92 Å². The normalized spacial score (nSPS) is 10.9. The number of nitrogens with zero attached hydrogens (tertiary/aromatic N) is 2. The standard InChI is InChI=1S/C12H15N3O4/c1-5-19-11(17)7-6(2)13-8-9(7)14(3)12(18)15(4)10(8)16/h13H,5H2,1-4H3. The minimum Gasteiger partial charge on any atom is -0.462 e. The van der Waals surface area contributed by atoms with Gasteiger partial charge in [0.05, 0.1) is 12.1 Å². The van der Waals surface area contributed by atoms with Crippen LogP contribution < -0.4 is 11.2 Å². The number of aromatic nitrogens is 3. The predicted molar refractivity (Wildman–Crippen MR) is 69.5 cm³/mol. The largest absolute Gasteiger partial charge is 0.462 e. The molecular formula is C12H15N3O4. The molecule has 0 spiro atoms. The quantitative estimate of drug-likeness (QED) is 0.777. The van der Waals surface area contributed by atoms with Crippen LogP contribution in [0.5, 0.6) is 0 Å². The molecular weight excluding hydrogens is 250 g/mol. The van der Waals surface area contributed by atoms with Gasteiger partial charge in [-0.25, -0.2) is 9.59 Å². The molecule has 102 valence electrons. The topological polar surface area (TPSA) is 86.1 Å². The lowest BCUT2D eigenvalue weighted by molar-refractivity contribution is 0.0527. The molecule has 2 heterocycles. The third-order valence-electron chi connectivity index (χ3n) is 3.07. The number of aryl methyl sites for hydroxylation is 2. The number of H-pyrrole nitrogens is 1. The number of rotatable bonds is 2. The predicted octanol–water partition coefficient (Wildman–Crippen LogP) is 0.0504. The van der Waals surface area contributed by atoms with Crippen molar-refractivity contribution in [3.8, 4) is 0 Å². The number of carbonyl (C=O) groups excluding carboxylic acids is 1. The van der Waals surface area contributed by atoms with E-state index >= 15 is 0 Å². The number of esters is 1. The van der Waals surface area contributed by atoms with Gasteiger partial charge in [-0.15, -0.1) is 0 Å². The molecule has 0 saturated carbocycles. The molecule has 7 nitrogen and oxygen atoms in total. The zero-order valence-electron chi connectivity index (χ0n) is 11.2. The minimum absolute atomic E-state index is 0.226. The molecule has 0 amide bonds. The minimum atomic E-state index is -0.547. The van der Waals surface area contributed by atoms with Gasteiger partial charge in [0.2, 0.25) is 0 Å². The molecule has 0 aliphatic heterocycles. The van der Waals surface area contributed by atoms with E-state index in [2.05, 4.69) is 4.98 Å². The highest BCUT2D eigenvalue weighted by Gasteiger charge is 2.22. The van der Waals surface area contributed by atoms with Gasteiger partial charge in [-0.1, -0.05) is 0 Å². The first-order valence-corrected chi connectivity index (χ1v) is 5.85. The van der Waals surface area contributed by atoms with E-state index in [0.717, 1.165) is 4.57 Å². The van der Waals surface area contributed by atoms with Crippen LogP contribution in [0.2, 0.25) is 0 Å². The smallest absolute Gasteiger partial charge is 0.342 e. The summed E-state index contributed by atoms with van der Waals surface area (Å²) in [5.41, 5.74) is 0.300. The maximum atomic E-state index is 12.0. The Morgan fingerprint density at radius 1 is 1.26 bits per heavy atom. The fraction of sp³-hybridized carbons (Fsp3) is 0.417. The van der Waals surface area contributed by atoms with Crippen LogP contribution in [0.15, 0.2) is 9.59 Å². The van der Waals surface area contributed by atoms with Crippen molar-refractivity contribution in [1.29, 1.82) is 0 Å². The van der Waals surface area contributed by atoms with Crippen LogP contribution in [-0.2, 0) is 18.8 Å². The summed E-state index contributed by atoms with van der Waals surface area (Å²) in [5.74, 6) is -0.547. The van der Waals surface area contributed by atoms with E-state index in [0.29, 0.717) is 5.69 Å². The van der Waals surface area contributed by atoms with E-state index in [4.69, 9.17) is 4.74 Å².